The van der Waals surface area contributed by atoms with Gasteiger partial charge in [0.15, 0.2) is 5.13 Å². The van der Waals surface area contributed by atoms with Gasteiger partial charge in [-0.2, -0.15) is 0 Å². The third-order valence-electron chi connectivity index (χ3n) is 7.74. The zero-order valence-electron chi connectivity index (χ0n) is 21.5. The highest BCUT2D eigenvalue weighted by molar-refractivity contribution is 9.10. The molecule has 1 atom stereocenters. The Morgan fingerprint density at radius 1 is 1.23 bits per heavy atom. The summed E-state index contributed by atoms with van der Waals surface area (Å²) in [6, 6.07) is 5.38. The minimum Gasteiger partial charge on any atom is -0.493 e. The number of thiazole rings is 1. The highest BCUT2D eigenvalue weighted by Crippen LogP contribution is 2.37. The summed E-state index contributed by atoms with van der Waals surface area (Å²) in [6.45, 7) is 10.7. The van der Waals surface area contributed by atoms with Crippen LogP contribution in [0.1, 0.15) is 72.1 Å². The molecular formula is C27H41BrN4O2S. The first-order chi connectivity index (χ1) is 17.0. The van der Waals surface area contributed by atoms with E-state index in [0.29, 0.717) is 18.7 Å². The second-order valence-corrected chi connectivity index (χ2v) is 11.9. The molecule has 35 heavy (non-hydrogen) atoms. The van der Waals surface area contributed by atoms with Crippen molar-refractivity contribution in [3.05, 3.63) is 16.6 Å². The first-order valence-electron chi connectivity index (χ1n) is 13.5. The lowest BCUT2D eigenvalue weighted by Gasteiger charge is -2.38. The number of piperidine rings is 1. The van der Waals surface area contributed by atoms with Crippen LogP contribution in [0.2, 0.25) is 0 Å². The molecule has 1 aliphatic carbocycles. The quantitative estimate of drug-likeness (QED) is 0.371. The Balaban J connectivity index is 1.27. The van der Waals surface area contributed by atoms with E-state index in [4.69, 9.17) is 9.72 Å². The number of carbonyl (C=O) groups is 1. The summed E-state index contributed by atoms with van der Waals surface area (Å²) in [5.74, 6) is 1.19. The van der Waals surface area contributed by atoms with E-state index >= 15 is 0 Å². The van der Waals surface area contributed by atoms with Gasteiger partial charge in [0.2, 0.25) is 5.91 Å². The molecule has 1 N–H and O–H groups in total. The Morgan fingerprint density at radius 3 is 2.66 bits per heavy atom. The van der Waals surface area contributed by atoms with Crippen molar-refractivity contribution in [2.45, 2.75) is 84.2 Å². The zero-order valence-corrected chi connectivity index (χ0v) is 23.9. The number of hydrogen-bond donors (Lipinski definition) is 1. The number of anilines is 1. The first kappa shape index (κ1) is 26.7. The largest absolute Gasteiger partial charge is 0.493 e. The molecule has 1 saturated heterocycles. The first-order valence-corrected chi connectivity index (χ1v) is 15.1. The Hall–Kier alpha value is -1.38. The van der Waals surface area contributed by atoms with Gasteiger partial charge < -0.3 is 15.0 Å². The number of rotatable bonds is 10. The SMILES string of the molecule is CCOc1cc2sc(N3CCC(C(=O)NCCN(C4CCCCC4)[C@@H](C)CC)CC3)nc2cc1Br. The predicted octanol–water partition coefficient (Wildman–Crippen LogP) is 6.22. The van der Waals surface area contributed by atoms with Gasteiger partial charge in [0.1, 0.15) is 5.75 Å². The second-order valence-electron chi connectivity index (χ2n) is 10.0. The molecule has 0 radical (unpaired) electrons. The minimum atomic E-state index is 0.103. The highest BCUT2D eigenvalue weighted by atomic mass is 79.9. The fourth-order valence-electron chi connectivity index (χ4n) is 5.51. The van der Waals surface area contributed by atoms with E-state index in [9.17, 15) is 4.79 Å². The van der Waals surface area contributed by atoms with E-state index < -0.39 is 0 Å². The van der Waals surface area contributed by atoms with Crippen LogP contribution in [0, 0.1) is 5.92 Å². The lowest BCUT2D eigenvalue weighted by molar-refractivity contribution is -0.125. The fourth-order valence-corrected chi connectivity index (χ4v) is 6.99. The molecule has 6 nitrogen and oxygen atoms in total. The third kappa shape index (κ3) is 6.69. The summed E-state index contributed by atoms with van der Waals surface area (Å²) in [5.41, 5.74) is 0.990. The average molecular weight is 566 g/mol. The van der Waals surface area contributed by atoms with Crippen molar-refractivity contribution in [1.29, 1.82) is 0 Å². The van der Waals surface area contributed by atoms with Crippen molar-refractivity contribution in [2.75, 3.05) is 37.7 Å². The summed E-state index contributed by atoms with van der Waals surface area (Å²) >= 11 is 5.30. The molecule has 1 amide bonds. The van der Waals surface area contributed by atoms with Gasteiger partial charge in [0.05, 0.1) is 21.3 Å². The number of benzene rings is 1. The number of amides is 1. The number of nitrogens with zero attached hydrogens (tertiary/aromatic N) is 3. The van der Waals surface area contributed by atoms with Gasteiger partial charge in [-0.3, -0.25) is 9.69 Å². The summed E-state index contributed by atoms with van der Waals surface area (Å²) in [4.78, 5) is 22.8. The minimum absolute atomic E-state index is 0.103. The Kier molecular flexibility index (Phi) is 9.70. The molecular weight excluding hydrogens is 524 g/mol. The summed E-state index contributed by atoms with van der Waals surface area (Å²) in [7, 11) is 0. The van der Waals surface area contributed by atoms with Crippen LogP contribution in [0.4, 0.5) is 5.13 Å². The number of aromatic nitrogens is 1. The average Bonchev–Trinajstić information content (AvgIpc) is 3.29. The van der Waals surface area contributed by atoms with Crippen LogP contribution in [0.5, 0.6) is 5.75 Å². The van der Waals surface area contributed by atoms with Gasteiger partial charge in [-0.25, -0.2) is 4.98 Å². The Morgan fingerprint density at radius 2 is 1.97 bits per heavy atom. The van der Waals surface area contributed by atoms with Gasteiger partial charge >= 0.3 is 0 Å². The van der Waals surface area contributed by atoms with Crippen LogP contribution in [-0.2, 0) is 4.79 Å². The van der Waals surface area contributed by atoms with Gasteiger partial charge in [0, 0.05) is 50.2 Å². The monoisotopic (exact) mass is 564 g/mol. The predicted molar refractivity (Wildman–Crippen MR) is 150 cm³/mol. The molecule has 1 saturated carbocycles. The lowest BCUT2D eigenvalue weighted by Crippen LogP contribution is -2.47. The summed E-state index contributed by atoms with van der Waals surface area (Å²) in [5, 5.41) is 4.31. The number of hydrogen-bond acceptors (Lipinski definition) is 6. The van der Waals surface area contributed by atoms with Gasteiger partial charge in [0.25, 0.3) is 0 Å². The van der Waals surface area contributed by atoms with E-state index in [1.807, 2.05) is 13.0 Å². The fraction of sp³-hybridized carbons (Fsp3) is 0.704. The number of ether oxygens (including phenoxy) is 1. The van der Waals surface area contributed by atoms with Crippen LogP contribution in [0.15, 0.2) is 16.6 Å². The Bertz CT molecular complexity index is 969. The normalized spacial score (nSPS) is 18.8. The molecule has 1 aliphatic heterocycles. The maximum absolute atomic E-state index is 12.9. The second kappa shape index (κ2) is 12.7. The van der Waals surface area contributed by atoms with Crippen molar-refractivity contribution in [3.63, 3.8) is 0 Å². The topological polar surface area (TPSA) is 57.7 Å². The molecule has 8 heteroatoms. The zero-order chi connectivity index (χ0) is 24.8. The van der Waals surface area contributed by atoms with Crippen molar-refractivity contribution >= 4 is 48.5 Å². The number of nitrogens with one attached hydrogen (secondary N) is 1. The van der Waals surface area contributed by atoms with E-state index in [2.05, 4.69) is 51.0 Å². The van der Waals surface area contributed by atoms with Crippen molar-refractivity contribution in [2.24, 2.45) is 5.92 Å². The molecule has 2 aromatic rings. The Labute approximate surface area is 222 Å². The number of halogens is 1. The molecule has 4 rings (SSSR count). The van der Waals surface area contributed by atoms with Crippen LogP contribution < -0.4 is 15.0 Å². The van der Waals surface area contributed by atoms with Crippen LogP contribution in [0.25, 0.3) is 10.2 Å². The molecule has 0 spiro atoms. The molecule has 0 bridgehead atoms. The van der Waals surface area contributed by atoms with Gasteiger partial charge in [-0.1, -0.05) is 37.5 Å². The number of fused-ring (bicyclic) bond motifs is 1. The van der Waals surface area contributed by atoms with Crippen molar-refractivity contribution in [1.82, 2.24) is 15.2 Å². The van der Waals surface area contributed by atoms with E-state index in [-0.39, 0.29) is 11.8 Å². The molecule has 1 aromatic carbocycles. The standard InChI is InChI=1S/C27H41BrN4O2S/c1-4-19(3)32(21-9-7-6-8-10-21)16-13-29-26(33)20-11-14-31(15-12-20)27-30-23-17-22(28)24(34-5-2)18-25(23)35-27/h17-21H,4-16H2,1-3H3,(H,29,33)/t19-/m0/s1. The molecule has 194 valence electrons. The van der Waals surface area contributed by atoms with E-state index in [1.54, 1.807) is 11.3 Å². The van der Waals surface area contributed by atoms with Crippen LogP contribution >= 0.6 is 27.3 Å². The van der Waals surface area contributed by atoms with Crippen molar-refractivity contribution in [3.8, 4) is 5.75 Å². The van der Waals surface area contributed by atoms with Gasteiger partial charge in [-0.15, -0.1) is 0 Å². The van der Waals surface area contributed by atoms with Gasteiger partial charge in [-0.05, 0) is 67.9 Å². The van der Waals surface area contributed by atoms with E-state index in [1.165, 1.54) is 38.5 Å². The van der Waals surface area contributed by atoms with Crippen LogP contribution in [-0.4, -0.2) is 60.7 Å². The molecule has 1 aromatic heterocycles. The molecule has 2 heterocycles. The van der Waals surface area contributed by atoms with Crippen LogP contribution in [0.3, 0.4) is 0 Å². The van der Waals surface area contributed by atoms with E-state index in [0.717, 1.165) is 64.6 Å². The number of carbonyl (C=O) groups excluding carboxylic acids is 1. The summed E-state index contributed by atoms with van der Waals surface area (Å²) in [6.07, 6.45) is 9.63. The smallest absolute Gasteiger partial charge is 0.223 e. The lowest BCUT2D eigenvalue weighted by atomic mass is 9.93. The maximum Gasteiger partial charge on any atom is 0.223 e. The summed E-state index contributed by atoms with van der Waals surface area (Å²) < 4.78 is 7.79. The maximum atomic E-state index is 12.9. The van der Waals surface area contributed by atoms with Crippen molar-refractivity contribution < 1.29 is 9.53 Å². The highest BCUT2D eigenvalue weighted by Gasteiger charge is 2.28. The molecule has 2 fully saturated rings. The molecule has 2 aliphatic rings. The third-order valence-corrected chi connectivity index (χ3v) is 9.44. The molecule has 0 unspecified atom stereocenters.